The Kier molecular flexibility index (Phi) is 5.65. The fourth-order valence-corrected chi connectivity index (χ4v) is 2.85. The van der Waals surface area contributed by atoms with Crippen LogP contribution in [0.3, 0.4) is 0 Å². The van der Waals surface area contributed by atoms with Gasteiger partial charge in [0.1, 0.15) is 12.7 Å². The Hall–Kier alpha value is -2.41. The van der Waals surface area contributed by atoms with Crippen molar-refractivity contribution >= 4 is 11.6 Å². The first-order valence-corrected chi connectivity index (χ1v) is 8.69. The van der Waals surface area contributed by atoms with E-state index in [9.17, 15) is 4.79 Å². The maximum atomic E-state index is 12.6. The number of aromatic nitrogens is 3. The van der Waals surface area contributed by atoms with Crippen molar-refractivity contribution in [1.29, 1.82) is 0 Å². The fraction of sp³-hybridized carbons (Fsp3) is 0.500. The molecule has 0 spiro atoms. The zero-order valence-electron chi connectivity index (χ0n) is 14.8. The molecule has 0 bridgehead atoms. The highest BCUT2D eigenvalue weighted by Gasteiger charge is 2.19. The number of hydrogen-bond acceptors (Lipinski definition) is 5. The van der Waals surface area contributed by atoms with Crippen LogP contribution < -0.4 is 10.2 Å². The van der Waals surface area contributed by atoms with E-state index in [4.69, 9.17) is 4.74 Å². The molecule has 0 radical (unpaired) electrons. The number of rotatable bonds is 6. The van der Waals surface area contributed by atoms with Crippen LogP contribution >= 0.6 is 0 Å². The molecular weight excluding hydrogens is 318 g/mol. The molecular formula is C18H25N5O2. The van der Waals surface area contributed by atoms with Crippen molar-refractivity contribution in [3.8, 4) is 0 Å². The highest BCUT2D eigenvalue weighted by Crippen LogP contribution is 2.17. The van der Waals surface area contributed by atoms with Crippen molar-refractivity contribution in [2.75, 3.05) is 31.2 Å². The number of nitrogens with zero attached hydrogens (tertiary/aromatic N) is 4. The minimum Gasteiger partial charge on any atom is -0.378 e. The van der Waals surface area contributed by atoms with Gasteiger partial charge in [-0.15, -0.1) is 0 Å². The predicted molar refractivity (Wildman–Crippen MR) is 95.6 cm³/mol. The summed E-state index contributed by atoms with van der Waals surface area (Å²) in [7, 11) is 0. The van der Waals surface area contributed by atoms with E-state index in [1.54, 1.807) is 11.0 Å². The number of morpholine rings is 1. The molecule has 1 aliphatic rings. The lowest BCUT2D eigenvalue weighted by Crippen LogP contribution is -2.41. The molecule has 1 amide bonds. The number of carbonyl (C=O) groups excluding carboxylic acids is 1. The van der Waals surface area contributed by atoms with Crippen LogP contribution in [0, 0.1) is 5.92 Å². The number of amides is 1. The molecule has 1 saturated heterocycles. The van der Waals surface area contributed by atoms with Gasteiger partial charge in [-0.3, -0.25) is 9.48 Å². The van der Waals surface area contributed by atoms with Gasteiger partial charge in [0.25, 0.3) is 5.91 Å². The van der Waals surface area contributed by atoms with E-state index in [1.807, 2.05) is 24.3 Å². The van der Waals surface area contributed by atoms with Gasteiger partial charge in [0.15, 0.2) is 0 Å². The number of anilines is 1. The Labute approximate surface area is 148 Å². The van der Waals surface area contributed by atoms with E-state index in [1.165, 1.54) is 6.33 Å². The van der Waals surface area contributed by atoms with Crippen molar-refractivity contribution in [2.24, 2.45) is 5.92 Å². The van der Waals surface area contributed by atoms with Crippen LogP contribution in [-0.2, 0) is 11.3 Å². The van der Waals surface area contributed by atoms with Crippen LogP contribution in [0.2, 0.25) is 0 Å². The summed E-state index contributed by atoms with van der Waals surface area (Å²) in [6.45, 7) is 8.06. The van der Waals surface area contributed by atoms with E-state index in [0.717, 1.165) is 32.0 Å². The Morgan fingerprint density at radius 1 is 1.24 bits per heavy atom. The molecule has 0 aliphatic carbocycles. The predicted octanol–water partition coefficient (Wildman–Crippen LogP) is 1.57. The van der Waals surface area contributed by atoms with Gasteiger partial charge >= 0.3 is 0 Å². The molecule has 1 atom stereocenters. The molecule has 0 saturated carbocycles. The van der Waals surface area contributed by atoms with Crippen LogP contribution in [0.5, 0.6) is 0 Å². The summed E-state index contributed by atoms with van der Waals surface area (Å²) in [4.78, 5) is 18.8. The first-order chi connectivity index (χ1) is 12.1. The van der Waals surface area contributed by atoms with Gasteiger partial charge in [0.2, 0.25) is 0 Å². The molecule has 2 aromatic rings. The van der Waals surface area contributed by atoms with Crippen molar-refractivity contribution in [3.63, 3.8) is 0 Å². The minimum absolute atomic E-state index is 0.00637. The normalized spacial score (nSPS) is 16.0. The Bertz CT molecular complexity index is 663. The lowest BCUT2D eigenvalue weighted by Gasteiger charge is -2.29. The first-order valence-electron chi connectivity index (χ1n) is 8.69. The van der Waals surface area contributed by atoms with E-state index in [2.05, 4.69) is 34.1 Å². The first kappa shape index (κ1) is 17.4. The van der Waals surface area contributed by atoms with Crippen molar-refractivity contribution in [3.05, 3.63) is 42.5 Å². The second kappa shape index (κ2) is 8.11. The zero-order valence-corrected chi connectivity index (χ0v) is 14.8. The molecule has 1 aromatic heterocycles. The van der Waals surface area contributed by atoms with E-state index in [-0.39, 0.29) is 11.9 Å². The summed E-state index contributed by atoms with van der Waals surface area (Å²) in [6.07, 6.45) is 3.17. The van der Waals surface area contributed by atoms with Crippen LogP contribution in [0.1, 0.15) is 24.2 Å². The standard InChI is InChI=1S/C18H25N5O2/c1-14(2)17(11-23-13-19-12-20-23)21-18(24)15-3-5-16(6-4-15)22-7-9-25-10-8-22/h3-6,12-14,17H,7-11H2,1-2H3,(H,21,24). The van der Waals surface area contributed by atoms with Gasteiger partial charge in [-0.2, -0.15) is 5.10 Å². The fourth-order valence-electron chi connectivity index (χ4n) is 2.85. The zero-order chi connectivity index (χ0) is 17.6. The van der Waals surface area contributed by atoms with Gasteiger partial charge in [-0.1, -0.05) is 13.8 Å². The molecule has 2 heterocycles. The monoisotopic (exact) mass is 343 g/mol. The second-order valence-corrected chi connectivity index (χ2v) is 6.59. The summed E-state index contributed by atoms with van der Waals surface area (Å²) in [5.41, 5.74) is 1.80. The van der Waals surface area contributed by atoms with Crippen molar-refractivity contribution in [2.45, 2.75) is 26.4 Å². The third-order valence-corrected chi connectivity index (χ3v) is 4.48. The largest absolute Gasteiger partial charge is 0.378 e. The van der Waals surface area contributed by atoms with Crippen LogP contribution in [0.4, 0.5) is 5.69 Å². The molecule has 1 aromatic carbocycles. The summed E-state index contributed by atoms with van der Waals surface area (Å²) in [5, 5.41) is 7.23. The van der Waals surface area contributed by atoms with Crippen molar-refractivity contribution < 1.29 is 9.53 Å². The molecule has 1 N–H and O–H groups in total. The van der Waals surface area contributed by atoms with E-state index in [0.29, 0.717) is 18.0 Å². The lowest BCUT2D eigenvalue weighted by molar-refractivity contribution is 0.0919. The third-order valence-electron chi connectivity index (χ3n) is 4.48. The third kappa shape index (κ3) is 4.57. The quantitative estimate of drug-likeness (QED) is 0.862. The Morgan fingerprint density at radius 3 is 2.56 bits per heavy atom. The number of ether oxygens (including phenoxy) is 1. The van der Waals surface area contributed by atoms with Crippen LogP contribution in [0.25, 0.3) is 0 Å². The molecule has 7 nitrogen and oxygen atoms in total. The molecule has 134 valence electrons. The van der Waals surface area contributed by atoms with E-state index < -0.39 is 0 Å². The average Bonchev–Trinajstić information content (AvgIpc) is 3.15. The smallest absolute Gasteiger partial charge is 0.251 e. The van der Waals surface area contributed by atoms with Crippen LogP contribution in [-0.4, -0.2) is 53.0 Å². The average molecular weight is 343 g/mol. The maximum Gasteiger partial charge on any atom is 0.251 e. The Balaban J connectivity index is 1.62. The summed E-state index contributed by atoms with van der Waals surface area (Å²) in [5.74, 6) is 0.230. The topological polar surface area (TPSA) is 72.3 Å². The molecule has 1 fully saturated rings. The minimum atomic E-state index is -0.0626. The van der Waals surface area contributed by atoms with Crippen LogP contribution in [0.15, 0.2) is 36.9 Å². The number of carbonyl (C=O) groups is 1. The maximum absolute atomic E-state index is 12.6. The Morgan fingerprint density at radius 2 is 1.96 bits per heavy atom. The van der Waals surface area contributed by atoms with Gasteiger partial charge in [-0.25, -0.2) is 4.98 Å². The number of hydrogen-bond donors (Lipinski definition) is 1. The van der Waals surface area contributed by atoms with Gasteiger partial charge < -0.3 is 15.0 Å². The number of benzene rings is 1. The number of nitrogens with one attached hydrogen (secondary N) is 1. The molecule has 7 heteroatoms. The second-order valence-electron chi connectivity index (χ2n) is 6.59. The molecule has 3 rings (SSSR count). The highest BCUT2D eigenvalue weighted by molar-refractivity contribution is 5.94. The van der Waals surface area contributed by atoms with E-state index >= 15 is 0 Å². The summed E-state index contributed by atoms with van der Waals surface area (Å²) >= 11 is 0. The molecule has 1 aliphatic heterocycles. The van der Waals surface area contributed by atoms with Gasteiger partial charge in [0.05, 0.1) is 25.8 Å². The summed E-state index contributed by atoms with van der Waals surface area (Å²) < 4.78 is 7.12. The van der Waals surface area contributed by atoms with Gasteiger partial charge in [-0.05, 0) is 30.2 Å². The summed E-state index contributed by atoms with van der Waals surface area (Å²) in [6, 6.07) is 7.76. The highest BCUT2D eigenvalue weighted by atomic mass is 16.5. The molecule has 1 unspecified atom stereocenters. The SMILES string of the molecule is CC(C)C(Cn1cncn1)NC(=O)c1ccc(N2CCOCC2)cc1. The lowest BCUT2D eigenvalue weighted by atomic mass is 10.0. The van der Waals surface area contributed by atoms with Gasteiger partial charge in [0, 0.05) is 24.3 Å². The molecule has 25 heavy (non-hydrogen) atoms. The van der Waals surface area contributed by atoms with Crippen molar-refractivity contribution in [1.82, 2.24) is 20.1 Å².